The summed E-state index contributed by atoms with van der Waals surface area (Å²) in [6, 6.07) is -0.526. The fourth-order valence-electron chi connectivity index (χ4n) is 0.733. The van der Waals surface area contributed by atoms with Crippen molar-refractivity contribution in [2.75, 3.05) is 11.5 Å². The molecule has 2 unspecified atom stereocenters. The molecule has 0 aromatic carbocycles. The van der Waals surface area contributed by atoms with Crippen molar-refractivity contribution in [1.82, 2.24) is 0 Å². The summed E-state index contributed by atoms with van der Waals surface area (Å²) in [4.78, 5) is 10.5. The highest BCUT2D eigenvalue weighted by Gasteiger charge is 2.19. The molecule has 0 fully saturated rings. The van der Waals surface area contributed by atoms with Crippen molar-refractivity contribution in [3.05, 3.63) is 0 Å². The molecule has 0 rings (SSSR count). The predicted octanol–water partition coefficient (Wildman–Crippen LogP) is -0.697. The van der Waals surface area contributed by atoms with E-state index in [1.54, 1.807) is 11.8 Å². The maximum Gasteiger partial charge on any atom is 0.247 e. The molecule has 0 radical (unpaired) electrons. The molecule has 0 bridgehead atoms. The van der Waals surface area contributed by atoms with Crippen LogP contribution in [0.4, 0.5) is 0 Å². The third-order valence-corrected chi connectivity index (χ3v) is 2.43. The Morgan fingerprint density at radius 2 is 2.25 bits per heavy atom. The first kappa shape index (κ1) is 11.7. The monoisotopic (exact) mass is 192 g/mol. The molecule has 0 aromatic rings. The molecule has 0 heterocycles. The molecule has 5 N–H and O–H groups in total. The number of hydrogen-bond donors (Lipinski definition) is 3. The number of rotatable bonds is 6. The van der Waals surface area contributed by atoms with E-state index in [0.717, 1.165) is 11.5 Å². The number of hydrogen-bond acceptors (Lipinski definition) is 4. The van der Waals surface area contributed by atoms with E-state index < -0.39 is 18.1 Å². The van der Waals surface area contributed by atoms with E-state index >= 15 is 0 Å². The highest BCUT2D eigenvalue weighted by Crippen LogP contribution is 2.04. The first-order chi connectivity index (χ1) is 5.59. The Labute approximate surface area is 76.7 Å². The smallest absolute Gasteiger partial charge is 0.247 e. The lowest BCUT2D eigenvalue weighted by molar-refractivity contribution is -0.126. The number of carbonyl (C=O) groups is 1. The molecule has 0 aliphatic heterocycles. The Kier molecular flexibility index (Phi) is 6.14. The van der Waals surface area contributed by atoms with E-state index in [2.05, 4.69) is 0 Å². The Hall–Kier alpha value is -0.260. The lowest BCUT2D eigenvalue weighted by atomic mass is 10.1. The molecule has 0 saturated heterocycles. The van der Waals surface area contributed by atoms with Gasteiger partial charge in [-0.2, -0.15) is 11.8 Å². The normalized spacial score (nSPS) is 15.6. The van der Waals surface area contributed by atoms with Crippen molar-refractivity contribution >= 4 is 17.7 Å². The van der Waals surface area contributed by atoms with Crippen molar-refractivity contribution in [2.45, 2.75) is 25.5 Å². The number of amides is 1. The summed E-state index contributed by atoms with van der Waals surface area (Å²) in [5.41, 5.74) is 10.4. The van der Waals surface area contributed by atoms with Gasteiger partial charge in [-0.15, -0.1) is 0 Å². The molecule has 4 nitrogen and oxygen atoms in total. The van der Waals surface area contributed by atoms with Gasteiger partial charge in [0.2, 0.25) is 5.91 Å². The van der Waals surface area contributed by atoms with Crippen LogP contribution in [0.3, 0.4) is 0 Å². The lowest BCUT2D eigenvalue weighted by Crippen LogP contribution is -2.44. The molecule has 0 saturated carbocycles. The summed E-state index contributed by atoms with van der Waals surface area (Å²) >= 11 is 1.72. The number of thioether (sulfide) groups is 1. The standard InChI is InChI=1S/C7H16N2O2S/c1-2-12-4-3-5(8)6(10)7(9)11/h5-6,10H,2-4,8H2,1H3,(H2,9,11). The van der Waals surface area contributed by atoms with Crippen molar-refractivity contribution in [1.29, 1.82) is 0 Å². The van der Waals surface area contributed by atoms with E-state index in [9.17, 15) is 4.79 Å². The fraction of sp³-hybridized carbons (Fsp3) is 0.857. The molecule has 2 atom stereocenters. The van der Waals surface area contributed by atoms with E-state index in [4.69, 9.17) is 16.6 Å². The summed E-state index contributed by atoms with van der Waals surface area (Å²) < 4.78 is 0. The molecular weight excluding hydrogens is 176 g/mol. The third-order valence-electron chi connectivity index (χ3n) is 1.50. The molecule has 12 heavy (non-hydrogen) atoms. The van der Waals surface area contributed by atoms with Crippen molar-refractivity contribution in [3.8, 4) is 0 Å². The molecular formula is C7H16N2O2S. The number of nitrogens with two attached hydrogens (primary N) is 2. The van der Waals surface area contributed by atoms with E-state index in [-0.39, 0.29) is 0 Å². The second-order valence-corrected chi connectivity index (χ2v) is 3.89. The first-order valence-corrected chi connectivity index (χ1v) is 5.05. The van der Waals surface area contributed by atoms with Gasteiger partial charge in [-0.3, -0.25) is 4.79 Å². The Balaban J connectivity index is 3.56. The number of primary amides is 1. The maximum atomic E-state index is 10.5. The van der Waals surface area contributed by atoms with Crippen LogP contribution in [-0.4, -0.2) is 34.7 Å². The number of aliphatic hydroxyl groups is 1. The summed E-state index contributed by atoms with van der Waals surface area (Å²) in [5, 5.41) is 9.09. The Bertz CT molecular complexity index is 143. The van der Waals surface area contributed by atoms with E-state index in [1.807, 2.05) is 6.92 Å². The van der Waals surface area contributed by atoms with Crippen LogP contribution < -0.4 is 11.5 Å². The van der Waals surface area contributed by atoms with Gasteiger partial charge in [0.05, 0.1) is 0 Å². The van der Waals surface area contributed by atoms with Gasteiger partial charge in [0, 0.05) is 6.04 Å². The molecule has 0 aliphatic rings. The van der Waals surface area contributed by atoms with Crippen LogP contribution in [0.15, 0.2) is 0 Å². The zero-order valence-corrected chi connectivity index (χ0v) is 8.01. The number of carbonyl (C=O) groups excluding carboxylic acids is 1. The largest absolute Gasteiger partial charge is 0.382 e. The minimum atomic E-state index is -1.21. The maximum absolute atomic E-state index is 10.5. The van der Waals surface area contributed by atoms with Crippen LogP contribution in [0.1, 0.15) is 13.3 Å². The SMILES string of the molecule is CCSCCC(N)C(O)C(N)=O. The van der Waals surface area contributed by atoms with Crippen LogP contribution in [0.25, 0.3) is 0 Å². The summed E-state index contributed by atoms with van der Waals surface area (Å²) in [7, 11) is 0. The molecule has 0 aliphatic carbocycles. The Morgan fingerprint density at radius 1 is 1.67 bits per heavy atom. The molecule has 0 spiro atoms. The van der Waals surface area contributed by atoms with E-state index in [0.29, 0.717) is 6.42 Å². The summed E-state index contributed by atoms with van der Waals surface area (Å²) in [6.07, 6.45) is -0.592. The predicted molar refractivity (Wildman–Crippen MR) is 50.8 cm³/mol. The Morgan fingerprint density at radius 3 is 2.67 bits per heavy atom. The first-order valence-electron chi connectivity index (χ1n) is 3.90. The second kappa shape index (κ2) is 6.28. The van der Waals surface area contributed by atoms with Crippen LogP contribution in [0.2, 0.25) is 0 Å². The average Bonchev–Trinajstić information content (AvgIpc) is 2.03. The average molecular weight is 192 g/mol. The summed E-state index contributed by atoms with van der Waals surface area (Å²) in [5.74, 6) is 1.12. The summed E-state index contributed by atoms with van der Waals surface area (Å²) in [6.45, 7) is 2.04. The van der Waals surface area contributed by atoms with Gasteiger partial charge >= 0.3 is 0 Å². The topological polar surface area (TPSA) is 89.3 Å². The van der Waals surface area contributed by atoms with Crippen molar-refractivity contribution < 1.29 is 9.90 Å². The quantitative estimate of drug-likeness (QED) is 0.486. The number of aliphatic hydroxyl groups excluding tert-OH is 1. The van der Waals surface area contributed by atoms with Crippen molar-refractivity contribution in [2.24, 2.45) is 11.5 Å². The van der Waals surface area contributed by atoms with Gasteiger partial charge in [0.25, 0.3) is 0 Å². The van der Waals surface area contributed by atoms with Crippen LogP contribution in [0, 0.1) is 0 Å². The zero-order valence-electron chi connectivity index (χ0n) is 7.19. The second-order valence-electron chi connectivity index (χ2n) is 2.50. The van der Waals surface area contributed by atoms with Gasteiger partial charge in [-0.05, 0) is 17.9 Å². The van der Waals surface area contributed by atoms with Gasteiger partial charge in [0.15, 0.2) is 0 Å². The highest BCUT2D eigenvalue weighted by molar-refractivity contribution is 7.99. The molecule has 72 valence electrons. The molecule has 1 amide bonds. The van der Waals surface area contributed by atoms with Gasteiger partial charge in [-0.1, -0.05) is 6.92 Å². The molecule has 5 heteroatoms. The zero-order chi connectivity index (χ0) is 9.56. The molecule has 0 aromatic heterocycles. The van der Waals surface area contributed by atoms with Crippen LogP contribution >= 0.6 is 11.8 Å². The van der Waals surface area contributed by atoms with E-state index in [1.165, 1.54) is 0 Å². The minimum absolute atomic E-state index is 0.526. The van der Waals surface area contributed by atoms with Crippen LogP contribution in [-0.2, 0) is 4.79 Å². The van der Waals surface area contributed by atoms with Crippen LogP contribution in [0.5, 0.6) is 0 Å². The highest BCUT2D eigenvalue weighted by atomic mass is 32.2. The fourth-order valence-corrected chi connectivity index (χ4v) is 1.46. The minimum Gasteiger partial charge on any atom is -0.382 e. The third kappa shape index (κ3) is 4.58. The van der Waals surface area contributed by atoms with Gasteiger partial charge in [-0.25, -0.2) is 0 Å². The van der Waals surface area contributed by atoms with Crippen molar-refractivity contribution in [3.63, 3.8) is 0 Å². The van der Waals surface area contributed by atoms with Gasteiger partial charge in [0.1, 0.15) is 6.10 Å². The lowest BCUT2D eigenvalue weighted by Gasteiger charge is -2.14. The van der Waals surface area contributed by atoms with Gasteiger partial charge < -0.3 is 16.6 Å².